The zero-order valence-electron chi connectivity index (χ0n) is 19.2. The van der Waals surface area contributed by atoms with Gasteiger partial charge in [-0.2, -0.15) is 0 Å². The number of carbonyl (C=O) groups excluding carboxylic acids is 2. The van der Waals surface area contributed by atoms with E-state index >= 15 is 0 Å². The zero-order valence-corrected chi connectivity index (χ0v) is 19.2. The lowest BCUT2D eigenvalue weighted by atomic mass is 10.1. The maximum Gasteiger partial charge on any atom is 0.230 e. The highest BCUT2D eigenvalue weighted by atomic mass is 16.5. The first-order valence-corrected chi connectivity index (χ1v) is 10.8. The van der Waals surface area contributed by atoms with Gasteiger partial charge in [-0.05, 0) is 56.3 Å². The summed E-state index contributed by atoms with van der Waals surface area (Å²) in [6, 6.07) is 16.7. The largest absolute Gasteiger partial charge is 0.495 e. The molecule has 1 aromatic heterocycles. The van der Waals surface area contributed by atoms with Crippen molar-refractivity contribution in [3.05, 3.63) is 66.0 Å². The van der Waals surface area contributed by atoms with E-state index in [1.807, 2.05) is 74.3 Å². The monoisotopic (exact) mass is 445 g/mol. The fourth-order valence-corrected chi connectivity index (χ4v) is 3.95. The van der Waals surface area contributed by atoms with E-state index in [0.29, 0.717) is 29.6 Å². The van der Waals surface area contributed by atoms with Crippen LogP contribution in [-0.2, 0) is 9.59 Å². The fourth-order valence-electron chi connectivity index (χ4n) is 3.95. The van der Waals surface area contributed by atoms with Gasteiger partial charge in [0.15, 0.2) is 0 Å². The van der Waals surface area contributed by atoms with E-state index < -0.39 is 5.92 Å². The maximum absolute atomic E-state index is 12.9. The number of hydrogen-bond acceptors (Lipinski definition) is 6. The van der Waals surface area contributed by atoms with Crippen LogP contribution < -0.4 is 19.9 Å². The molecule has 0 aliphatic carbocycles. The number of para-hydroxylation sites is 2. The molecule has 0 spiro atoms. The lowest BCUT2D eigenvalue weighted by Crippen LogP contribution is -2.28. The van der Waals surface area contributed by atoms with Gasteiger partial charge in [0.05, 0.1) is 18.7 Å². The van der Waals surface area contributed by atoms with E-state index in [2.05, 4.69) is 15.3 Å². The first kappa shape index (κ1) is 22.3. The number of rotatable bonds is 6. The summed E-state index contributed by atoms with van der Waals surface area (Å²) in [6.45, 7) is 4.19. The summed E-state index contributed by atoms with van der Waals surface area (Å²) >= 11 is 0. The van der Waals surface area contributed by atoms with Crippen molar-refractivity contribution < 1.29 is 14.3 Å². The van der Waals surface area contributed by atoms with Crippen LogP contribution in [0.25, 0.3) is 0 Å². The molecule has 2 amide bonds. The van der Waals surface area contributed by atoms with E-state index in [-0.39, 0.29) is 18.2 Å². The number of aromatic nitrogens is 2. The molecule has 33 heavy (non-hydrogen) atoms. The molecule has 2 heterocycles. The van der Waals surface area contributed by atoms with E-state index in [1.54, 1.807) is 18.1 Å². The van der Waals surface area contributed by atoms with E-state index in [4.69, 9.17) is 4.74 Å². The molecule has 2 aromatic carbocycles. The molecular formula is C25H27N5O3. The van der Waals surface area contributed by atoms with E-state index in [9.17, 15) is 9.59 Å². The molecule has 8 nitrogen and oxygen atoms in total. The number of anilines is 4. The zero-order chi connectivity index (χ0) is 23.5. The average Bonchev–Trinajstić information content (AvgIpc) is 3.20. The van der Waals surface area contributed by atoms with Crippen molar-refractivity contribution in [2.24, 2.45) is 5.92 Å². The van der Waals surface area contributed by atoms with Gasteiger partial charge in [0.2, 0.25) is 17.8 Å². The van der Waals surface area contributed by atoms with Crippen LogP contribution in [0.5, 0.6) is 5.75 Å². The number of methoxy groups -OCH3 is 1. The Morgan fingerprint density at radius 1 is 1.09 bits per heavy atom. The first-order valence-electron chi connectivity index (χ1n) is 10.8. The second kappa shape index (κ2) is 9.28. The fraction of sp³-hybridized carbons (Fsp3) is 0.280. The quantitative estimate of drug-likeness (QED) is 0.620. The van der Waals surface area contributed by atoms with Gasteiger partial charge in [0, 0.05) is 42.8 Å². The van der Waals surface area contributed by atoms with Crippen molar-refractivity contribution in [1.29, 1.82) is 0 Å². The number of ether oxygens (including phenoxy) is 1. The van der Waals surface area contributed by atoms with Crippen LogP contribution in [0.15, 0.2) is 54.6 Å². The van der Waals surface area contributed by atoms with Crippen LogP contribution in [0, 0.1) is 19.8 Å². The van der Waals surface area contributed by atoms with Gasteiger partial charge in [-0.3, -0.25) is 9.59 Å². The van der Waals surface area contributed by atoms with Crippen molar-refractivity contribution >= 4 is 34.8 Å². The summed E-state index contributed by atoms with van der Waals surface area (Å²) in [4.78, 5) is 37.9. The van der Waals surface area contributed by atoms with Gasteiger partial charge in [-0.25, -0.2) is 9.97 Å². The Morgan fingerprint density at radius 3 is 2.42 bits per heavy atom. The third-order valence-electron chi connectivity index (χ3n) is 5.66. The normalized spacial score (nSPS) is 15.5. The minimum atomic E-state index is -0.437. The Balaban J connectivity index is 1.42. The van der Waals surface area contributed by atoms with Crippen molar-refractivity contribution in [2.75, 3.05) is 35.8 Å². The molecule has 1 fully saturated rings. The van der Waals surface area contributed by atoms with Gasteiger partial charge in [0.1, 0.15) is 5.75 Å². The van der Waals surface area contributed by atoms with Crippen molar-refractivity contribution in [3.8, 4) is 5.75 Å². The summed E-state index contributed by atoms with van der Waals surface area (Å²) in [6.07, 6.45) is 0.161. The second-order valence-electron chi connectivity index (χ2n) is 8.12. The first-order chi connectivity index (χ1) is 15.9. The van der Waals surface area contributed by atoms with Gasteiger partial charge >= 0.3 is 0 Å². The highest BCUT2D eigenvalue weighted by Gasteiger charge is 2.36. The summed E-state index contributed by atoms with van der Waals surface area (Å²) < 4.78 is 5.37. The van der Waals surface area contributed by atoms with Gasteiger partial charge < -0.3 is 19.9 Å². The summed E-state index contributed by atoms with van der Waals surface area (Å²) in [5.74, 6) is 0.516. The molecule has 0 radical (unpaired) electrons. The standard InChI is InChI=1S/C25H27N5O3/c1-16-13-17(2)27-25(26-16)29(3)20-11-9-19(10-12-20)28-24(32)18-14-23(31)30(15-18)21-7-5-6-8-22(21)33-4/h5-13,18H,14-15H2,1-4H3,(H,28,32). The Morgan fingerprint density at radius 2 is 1.76 bits per heavy atom. The maximum atomic E-state index is 12.9. The van der Waals surface area contributed by atoms with Crippen molar-refractivity contribution in [3.63, 3.8) is 0 Å². The summed E-state index contributed by atoms with van der Waals surface area (Å²) in [5, 5.41) is 2.93. The third-order valence-corrected chi connectivity index (χ3v) is 5.66. The van der Waals surface area contributed by atoms with Gasteiger partial charge in [-0.15, -0.1) is 0 Å². The molecule has 1 saturated heterocycles. The second-order valence-corrected chi connectivity index (χ2v) is 8.12. The van der Waals surface area contributed by atoms with Gasteiger partial charge in [-0.1, -0.05) is 12.1 Å². The van der Waals surface area contributed by atoms with Crippen LogP contribution in [0.1, 0.15) is 17.8 Å². The van der Waals surface area contributed by atoms with Crippen LogP contribution in [0.2, 0.25) is 0 Å². The number of nitrogens with one attached hydrogen (secondary N) is 1. The Labute approximate surface area is 193 Å². The van der Waals surface area contributed by atoms with Crippen LogP contribution in [0.4, 0.5) is 23.0 Å². The summed E-state index contributed by atoms with van der Waals surface area (Å²) in [7, 11) is 3.47. The van der Waals surface area contributed by atoms with Crippen molar-refractivity contribution in [2.45, 2.75) is 20.3 Å². The highest BCUT2D eigenvalue weighted by molar-refractivity contribution is 6.04. The summed E-state index contributed by atoms with van der Waals surface area (Å²) in [5.41, 5.74) is 4.06. The van der Waals surface area contributed by atoms with E-state index in [0.717, 1.165) is 17.1 Å². The minimum Gasteiger partial charge on any atom is -0.495 e. The molecular weight excluding hydrogens is 418 g/mol. The molecule has 1 atom stereocenters. The molecule has 8 heteroatoms. The van der Waals surface area contributed by atoms with E-state index in [1.165, 1.54) is 0 Å². The molecule has 1 aliphatic rings. The molecule has 1 aliphatic heterocycles. The predicted octanol–water partition coefficient (Wildman–Crippen LogP) is 3.86. The number of nitrogens with zero attached hydrogens (tertiary/aromatic N) is 4. The van der Waals surface area contributed by atoms with Crippen LogP contribution in [0.3, 0.4) is 0 Å². The Hall–Kier alpha value is -3.94. The SMILES string of the molecule is COc1ccccc1N1CC(C(=O)Nc2ccc(N(C)c3nc(C)cc(C)n3)cc2)CC1=O. The molecule has 1 N–H and O–H groups in total. The topological polar surface area (TPSA) is 87.7 Å². The number of benzene rings is 2. The van der Waals surface area contributed by atoms with Crippen LogP contribution in [-0.4, -0.2) is 42.5 Å². The molecule has 4 rings (SSSR count). The molecule has 1 unspecified atom stereocenters. The number of amides is 2. The van der Waals surface area contributed by atoms with Gasteiger partial charge in [0.25, 0.3) is 0 Å². The smallest absolute Gasteiger partial charge is 0.230 e. The Kier molecular flexibility index (Phi) is 6.26. The minimum absolute atomic E-state index is 0.0925. The average molecular weight is 446 g/mol. The highest BCUT2D eigenvalue weighted by Crippen LogP contribution is 2.33. The number of carbonyl (C=O) groups is 2. The molecule has 0 bridgehead atoms. The molecule has 170 valence electrons. The Bertz CT molecular complexity index is 1160. The molecule has 0 saturated carbocycles. The lowest BCUT2D eigenvalue weighted by Gasteiger charge is -2.20. The molecule has 3 aromatic rings. The number of hydrogen-bond donors (Lipinski definition) is 1. The predicted molar refractivity (Wildman–Crippen MR) is 128 cm³/mol. The van der Waals surface area contributed by atoms with Crippen LogP contribution >= 0.6 is 0 Å². The number of aryl methyl sites for hydroxylation is 2. The third kappa shape index (κ3) is 4.79. The lowest BCUT2D eigenvalue weighted by molar-refractivity contribution is -0.122. The van der Waals surface area contributed by atoms with Crippen molar-refractivity contribution in [1.82, 2.24) is 9.97 Å².